The first-order valence-electron chi connectivity index (χ1n) is 6.09. The van der Waals surface area contributed by atoms with Crippen molar-refractivity contribution >= 4 is 0 Å². The van der Waals surface area contributed by atoms with Crippen LogP contribution in [-0.4, -0.2) is 15.5 Å². The van der Waals surface area contributed by atoms with Crippen LogP contribution in [0, 0.1) is 11.6 Å². The average Bonchev–Trinajstić information content (AvgIpc) is 2.72. The predicted molar refractivity (Wildman–Crippen MR) is 70.5 cm³/mol. The minimum atomic E-state index is -0.598. The fraction of sp³-hybridized carbons (Fsp3) is 0.357. The lowest BCUT2D eigenvalue weighted by Gasteiger charge is -2.19. The molecule has 0 unspecified atom stereocenters. The van der Waals surface area contributed by atoms with Crippen molar-refractivity contribution < 1.29 is 8.78 Å². The largest absolute Gasteiger partial charge is 0.341 e. The summed E-state index contributed by atoms with van der Waals surface area (Å²) >= 11 is 0. The molecule has 1 heterocycles. The molecule has 0 bridgehead atoms. The molecule has 2 rings (SSSR count). The lowest BCUT2D eigenvalue weighted by molar-refractivity contribution is 0.418. The molecule has 1 aromatic carbocycles. The standard InChI is InChI=1S/C14H17F2N3/c1-14(2,3)18-8-13-17-7-12(19-13)9-4-10(15)6-11(16)5-9/h4-7,18H,8H2,1-3H3,(H,17,19). The second kappa shape index (κ2) is 5.09. The van der Waals surface area contributed by atoms with Gasteiger partial charge in [0.15, 0.2) is 0 Å². The van der Waals surface area contributed by atoms with Crippen LogP contribution in [0.3, 0.4) is 0 Å². The van der Waals surface area contributed by atoms with Crippen LogP contribution in [0.1, 0.15) is 26.6 Å². The van der Waals surface area contributed by atoms with Crippen LogP contribution in [0.5, 0.6) is 0 Å². The molecule has 0 aliphatic carbocycles. The van der Waals surface area contributed by atoms with Gasteiger partial charge in [0, 0.05) is 17.2 Å². The summed E-state index contributed by atoms with van der Waals surface area (Å²) in [6.07, 6.45) is 1.58. The Morgan fingerprint density at radius 3 is 2.37 bits per heavy atom. The third-order valence-corrected chi connectivity index (χ3v) is 2.59. The molecule has 0 saturated carbocycles. The maximum atomic E-state index is 13.1. The Hall–Kier alpha value is -1.75. The molecule has 2 aromatic rings. The van der Waals surface area contributed by atoms with Gasteiger partial charge in [-0.3, -0.25) is 0 Å². The van der Waals surface area contributed by atoms with Crippen LogP contribution in [0.4, 0.5) is 8.78 Å². The van der Waals surface area contributed by atoms with Crippen LogP contribution >= 0.6 is 0 Å². The molecular weight excluding hydrogens is 248 g/mol. The van der Waals surface area contributed by atoms with Crippen molar-refractivity contribution in [2.45, 2.75) is 32.9 Å². The van der Waals surface area contributed by atoms with Gasteiger partial charge in [0.2, 0.25) is 0 Å². The number of rotatable bonds is 3. The Morgan fingerprint density at radius 2 is 1.79 bits per heavy atom. The number of hydrogen-bond donors (Lipinski definition) is 2. The van der Waals surface area contributed by atoms with Crippen LogP contribution in [0.25, 0.3) is 11.3 Å². The third-order valence-electron chi connectivity index (χ3n) is 2.59. The minimum Gasteiger partial charge on any atom is -0.341 e. The van der Waals surface area contributed by atoms with Crippen molar-refractivity contribution in [3.8, 4) is 11.3 Å². The molecule has 0 amide bonds. The number of nitrogens with zero attached hydrogens (tertiary/aromatic N) is 1. The van der Waals surface area contributed by atoms with Crippen molar-refractivity contribution in [2.75, 3.05) is 0 Å². The fourth-order valence-electron chi connectivity index (χ4n) is 1.66. The zero-order valence-corrected chi connectivity index (χ0v) is 11.2. The number of H-pyrrole nitrogens is 1. The third kappa shape index (κ3) is 3.86. The summed E-state index contributed by atoms with van der Waals surface area (Å²) in [6.45, 7) is 6.73. The Labute approximate surface area is 111 Å². The zero-order chi connectivity index (χ0) is 14.0. The maximum Gasteiger partial charge on any atom is 0.126 e. The molecule has 0 aliphatic rings. The van der Waals surface area contributed by atoms with Crippen LogP contribution in [-0.2, 0) is 6.54 Å². The Bertz CT molecular complexity index is 550. The van der Waals surface area contributed by atoms with E-state index in [1.54, 1.807) is 6.20 Å². The summed E-state index contributed by atoms with van der Waals surface area (Å²) in [4.78, 5) is 7.24. The van der Waals surface area contributed by atoms with Gasteiger partial charge in [-0.25, -0.2) is 13.8 Å². The summed E-state index contributed by atoms with van der Waals surface area (Å²) in [5, 5.41) is 3.28. The van der Waals surface area contributed by atoms with Gasteiger partial charge in [-0.15, -0.1) is 0 Å². The van der Waals surface area contributed by atoms with Gasteiger partial charge in [-0.1, -0.05) is 0 Å². The number of hydrogen-bond acceptors (Lipinski definition) is 2. The highest BCUT2D eigenvalue weighted by molar-refractivity contribution is 5.58. The number of imidazole rings is 1. The molecule has 1 aromatic heterocycles. The van der Waals surface area contributed by atoms with Gasteiger partial charge in [0.1, 0.15) is 17.5 Å². The highest BCUT2D eigenvalue weighted by atomic mass is 19.1. The van der Waals surface area contributed by atoms with E-state index in [1.807, 2.05) is 0 Å². The minimum absolute atomic E-state index is 0.0160. The Kier molecular flexibility index (Phi) is 3.66. The highest BCUT2D eigenvalue weighted by Gasteiger charge is 2.11. The smallest absolute Gasteiger partial charge is 0.126 e. The van der Waals surface area contributed by atoms with E-state index in [4.69, 9.17) is 0 Å². The molecule has 0 aliphatic heterocycles. The first-order chi connectivity index (χ1) is 8.83. The van der Waals surface area contributed by atoms with Gasteiger partial charge < -0.3 is 10.3 Å². The monoisotopic (exact) mass is 265 g/mol. The summed E-state index contributed by atoms with van der Waals surface area (Å²) in [5.41, 5.74) is 1.04. The molecule has 0 atom stereocenters. The van der Waals surface area contributed by atoms with Crippen molar-refractivity contribution in [3.05, 3.63) is 41.9 Å². The first-order valence-corrected chi connectivity index (χ1v) is 6.09. The van der Waals surface area contributed by atoms with Crippen LogP contribution in [0.2, 0.25) is 0 Å². The molecule has 0 radical (unpaired) electrons. The van der Waals surface area contributed by atoms with Gasteiger partial charge in [-0.05, 0) is 32.9 Å². The second-order valence-electron chi connectivity index (χ2n) is 5.51. The quantitative estimate of drug-likeness (QED) is 0.894. The molecule has 102 valence electrons. The topological polar surface area (TPSA) is 40.7 Å². The van der Waals surface area contributed by atoms with Gasteiger partial charge >= 0.3 is 0 Å². The van der Waals surface area contributed by atoms with Crippen LogP contribution in [0.15, 0.2) is 24.4 Å². The summed E-state index contributed by atoms with van der Waals surface area (Å²) < 4.78 is 26.3. The molecule has 2 N–H and O–H groups in total. The maximum absolute atomic E-state index is 13.1. The normalized spacial score (nSPS) is 11.8. The summed E-state index contributed by atoms with van der Waals surface area (Å²) in [5.74, 6) is -0.465. The number of halogens is 2. The lowest BCUT2D eigenvalue weighted by Crippen LogP contribution is -2.35. The van der Waals surface area contributed by atoms with E-state index in [0.717, 1.165) is 11.9 Å². The van der Waals surface area contributed by atoms with Gasteiger partial charge in [0.25, 0.3) is 0 Å². The van der Waals surface area contributed by atoms with Crippen molar-refractivity contribution in [1.82, 2.24) is 15.3 Å². The molecule has 5 heteroatoms. The number of benzene rings is 1. The fourth-order valence-corrected chi connectivity index (χ4v) is 1.66. The predicted octanol–water partition coefficient (Wildman–Crippen LogP) is 3.24. The van der Waals surface area contributed by atoms with E-state index in [-0.39, 0.29) is 5.54 Å². The Balaban J connectivity index is 2.16. The molecule has 0 spiro atoms. The van der Waals surface area contributed by atoms with E-state index in [9.17, 15) is 8.78 Å². The average molecular weight is 265 g/mol. The van der Waals surface area contributed by atoms with Crippen molar-refractivity contribution in [3.63, 3.8) is 0 Å². The Morgan fingerprint density at radius 1 is 1.16 bits per heavy atom. The lowest BCUT2D eigenvalue weighted by atomic mass is 10.1. The highest BCUT2D eigenvalue weighted by Crippen LogP contribution is 2.19. The molecular formula is C14H17F2N3. The molecule has 19 heavy (non-hydrogen) atoms. The van der Waals surface area contributed by atoms with E-state index >= 15 is 0 Å². The number of aromatic amines is 1. The molecule has 0 fully saturated rings. The molecule has 0 saturated heterocycles. The van der Waals surface area contributed by atoms with E-state index in [2.05, 4.69) is 36.1 Å². The summed E-state index contributed by atoms with van der Waals surface area (Å²) in [6, 6.07) is 3.40. The van der Waals surface area contributed by atoms with Crippen molar-refractivity contribution in [1.29, 1.82) is 0 Å². The van der Waals surface area contributed by atoms with Gasteiger partial charge in [-0.2, -0.15) is 0 Å². The SMILES string of the molecule is CC(C)(C)NCc1ncc(-c2cc(F)cc(F)c2)[nH]1. The van der Waals surface area contributed by atoms with Crippen LogP contribution < -0.4 is 5.32 Å². The number of aromatic nitrogens is 2. The zero-order valence-electron chi connectivity index (χ0n) is 11.2. The second-order valence-corrected chi connectivity index (χ2v) is 5.51. The first kappa shape index (κ1) is 13.7. The van der Waals surface area contributed by atoms with E-state index < -0.39 is 11.6 Å². The van der Waals surface area contributed by atoms with E-state index in [1.165, 1.54) is 12.1 Å². The van der Waals surface area contributed by atoms with Crippen molar-refractivity contribution in [2.24, 2.45) is 0 Å². The number of nitrogens with one attached hydrogen (secondary N) is 2. The van der Waals surface area contributed by atoms with Gasteiger partial charge in [0.05, 0.1) is 18.4 Å². The summed E-state index contributed by atoms with van der Waals surface area (Å²) in [7, 11) is 0. The molecule has 3 nitrogen and oxygen atoms in total. The van der Waals surface area contributed by atoms with E-state index in [0.29, 0.717) is 17.8 Å².